The Balaban J connectivity index is 0.00000196. The molecular weight excluding hydrogens is 213 g/mol. The zero-order chi connectivity index (χ0) is 10.4. The van der Waals surface area contributed by atoms with E-state index >= 15 is 0 Å². The summed E-state index contributed by atoms with van der Waals surface area (Å²) < 4.78 is 12.6. The normalized spacial score (nSPS) is 11.9. The molecular formula is C12H19ClFN. The zero-order valence-electron chi connectivity index (χ0n) is 9.08. The van der Waals surface area contributed by atoms with Gasteiger partial charge in [-0.15, -0.1) is 12.4 Å². The predicted molar refractivity (Wildman–Crippen MR) is 64.7 cm³/mol. The van der Waals surface area contributed by atoms with Gasteiger partial charge in [0.1, 0.15) is 5.82 Å². The lowest BCUT2D eigenvalue weighted by atomic mass is 10.0. The average Bonchev–Trinajstić information content (AvgIpc) is 2.19. The number of benzene rings is 1. The Morgan fingerprint density at radius 3 is 2.33 bits per heavy atom. The quantitative estimate of drug-likeness (QED) is 0.766. The van der Waals surface area contributed by atoms with Crippen LogP contribution in [0.3, 0.4) is 0 Å². The van der Waals surface area contributed by atoms with Crippen LogP contribution in [0.5, 0.6) is 0 Å². The van der Waals surface area contributed by atoms with Gasteiger partial charge in [0.05, 0.1) is 0 Å². The summed E-state index contributed by atoms with van der Waals surface area (Å²) in [5, 5.41) is 0. The second-order valence-corrected chi connectivity index (χ2v) is 3.65. The van der Waals surface area contributed by atoms with Crippen LogP contribution in [0.2, 0.25) is 0 Å². The van der Waals surface area contributed by atoms with E-state index in [1.807, 2.05) is 0 Å². The second-order valence-electron chi connectivity index (χ2n) is 3.65. The van der Waals surface area contributed by atoms with Crippen LogP contribution in [0.4, 0.5) is 4.39 Å². The first-order valence-electron chi connectivity index (χ1n) is 5.25. The molecule has 2 N–H and O–H groups in total. The maximum atomic E-state index is 12.6. The molecule has 0 amide bonds. The summed E-state index contributed by atoms with van der Waals surface area (Å²) in [6, 6.07) is 6.53. The van der Waals surface area contributed by atoms with Crippen molar-refractivity contribution in [2.24, 2.45) is 5.73 Å². The van der Waals surface area contributed by atoms with Crippen molar-refractivity contribution in [3.8, 4) is 0 Å². The van der Waals surface area contributed by atoms with E-state index in [0.717, 1.165) is 18.4 Å². The van der Waals surface area contributed by atoms with E-state index in [9.17, 15) is 4.39 Å². The van der Waals surface area contributed by atoms with Crippen LogP contribution in [0, 0.1) is 5.82 Å². The van der Waals surface area contributed by atoms with E-state index in [-0.39, 0.29) is 24.3 Å². The summed E-state index contributed by atoms with van der Waals surface area (Å²) >= 11 is 0. The molecule has 0 aliphatic heterocycles. The van der Waals surface area contributed by atoms with Crippen LogP contribution >= 0.6 is 12.4 Å². The number of hydrogen-bond acceptors (Lipinski definition) is 1. The Morgan fingerprint density at radius 2 is 1.80 bits per heavy atom. The van der Waals surface area contributed by atoms with Crippen molar-refractivity contribution < 1.29 is 4.39 Å². The smallest absolute Gasteiger partial charge is 0.123 e. The summed E-state index contributed by atoms with van der Waals surface area (Å²) in [4.78, 5) is 0. The Hall–Kier alpha value is -0.600. The number of nitrogens with two attached hydrogens (primary N) is 1. The van der Waals surface area contributed by atoms with Crippen molar-refractivity contribution in [3.05, 3.63) is 35.6 Å². The molecule has 0 saturated carbocycles. The van der Waals surface area contributed by atoms with E-state index in [1.54, 1.807) is 12.1 Å². The summed E-state index contributed by atoms with van der Waals surface area (Å²) in [5.74, 6) is -0.200. The lowest BCUT2D eigenvalue weighted by Gasteiger charge is -2.11. The van der Waals surface area contributed by atoms with Gasteiger partial charge in [-0.2, -0.15) is 0 Å². The minimum absolute atomic E-state index is 0. The first-order valence-corrected chi connectivity index (χ1v) is 5.25. The molecule has 1 atom stereocenters. The van der Waals surface area contributed by atoms with Gasteiger partial charge in [0.15, 0.2) is 0 Å². The molecule has 1 nitrogen and oxygen atoms in total. The molecule has 0 bridgehead atoms. The van der Waals surface area contributed by atoms with Crippen LogP contribution in [0.1, 0.15) is 44.2 Å². The highest BCUT2D eigenvalue weighted by Gasteiger charge is 2.04. The largest absolute Gasteiger partial charge is 0.324 e. The van der Waals surface area contributed by atoms with Crippen molar-refractivity contribution in [2.45, 2.75) is 38.6 Å². The molecule has 0 saturated heterocycles. The molecule has 0 radical (unpaired) electrons. The van der Waals surface area contributed by atoms with E-state index in [2.05, 4.69) is 6.92 Å². The van der Waals surface area contributed by atoms with Crippen molar-refractivity contribution >= 4 is 12.4 Å². The maximum absolute atomic E-state index is 12.6. The van der Waals surface area contributed by atoms with Crippen molar-refractivity contribution in [2.75, 3.05) is 0 Å². The highest BCUT2D eigenvalue weighted by atomic mass is 35.5. The Morgan fingerprint density at radius 1 is 1.20 bits per heavy atom. The highest BCUT2D eigenvalue weighted by molar-refractivity contribution is 5.85. The predicted octanol–water partition coefficient (Wildman–Crippen LogP) is 3.83. The van der Waals surface area contributed by atoms with E-state index < -0.39 is 0 Å². The molecule has 0 aliphatic carbocycles. The highest BCUT2D eigenvalue weighted by Crippen LogP contribution is 2.17. The molecule has 1 rings (SSSR count). The summed E-state index contributed by atoms with van der Waals surface area (Å²) in [6.45, 7) is 2.17. The molecule has 0 spiro atoms. The third kappa shape index (κ3) is 5.14. The molecule has 0 aromatic heterocycles. The number of rotatable bonds is 5. The standard InChI is InChI=1S/C12H18FN.ClH/c1-2-3-4-5-12(14)10-6-8-11(13)9-7-10;/h6-9,12H,2-5,14H2,1H3;1H/t12-;/m0./s1. The third-order valence-corrected chi connectivity index (χ3v) is 2.42. The topological polar surface area (TPSA) is 26.0 Å². The first-order chi connectivity index (χ1) is 6.74. The Kier molecular flexibility index (Phi) is 7.35. The van der Waals surface area contributed by atoms with Gasteiger partial charge in [-0.3, -0.25) is 0 Å². The van der Waals surface area contributed by atoms with E-state index in [4.69, 9.17) is 5.73 Å². The van der Waals surface area contributed by atoms with Crippen LogP contribution in [-0.2, 0) is 0 Å². The fourth-order valence-corrected chi connectivity index (χ4v) is 1.49. The summed E-state index contributed by atoms with van der Waals surface area (Å²) in [6.07, 6.45) is 4.56. The van der Waals surface area contributed by atoms with E-state index in [0.29, 0.717) is 0 Å². The minimum atomic E-state index is -0.200. The molecule has 0 fully saturated rings. The van der Waals surface area contributed by atoms with E-state index in [1.165, 1.54) is 25.0 Å². The third-order valence-electron chi connectivity index (χ3n) is 2.42. The molecule has 0 unspecified atom stereocenters. The van der Waals surface area contributed by atoms with Gasteiger partial charge >= 0.3 is 0 Å². The van der Waals surface area contributed by atoms with Crippen LogP contribution in [-0.4, -0.2) is 0 Å². The van der Waals surface area contributed by atoms with Gasteiger partial charge in [0, 0.05) is 6.04 Å². The van der Waals surface area contributed by atoms with Crippen molar-refractivity contribution in [1.82, 2.24) is 0 Å². The van der Waals surface area contributed by atoms with Gasteiger partial charge in [0.2, 0.25) is 0 Å². The summed E-state index contributed by atoms with van der Waals surface area (Å²) in [7, 11) is 0. The second kappa shape index (κ2) is 7.66. The van der Waals surface area contributed by atoms with Crippen LogP contribution < -0.4 is 5.73 Å². The molecule has 3 heteroatoms. The Labute approximate surface area is 97.3 Å². The fourth-order valence-electron chi connectivity index (χ4n) is 1.49. The van der Waals surface area contributed by atoms with Crippen LogP contribution in [0.15, 0.2) is 24.3 Å². The molecule has 1 aromatic rings. The number of hydrogen-bond donors (Lipinski definition) is 1. The summed E-state index contributed by atoms with van der Waals surface area (Å²) in [5.41, 5.74) is 6.99. The Bertz CT molecular complexity index is 261. The van der Waals surface area contributed by atoms with Gasteiger partial charge in [-0.25, -0.2) is 4.39 Å². The molecule has 86 valence electrons. The molecule has 0 aliphatic rings. The van der Waals surface area contributed by atoms with Gasteiger partial charge in [0.25, 0.3) is 0 Å². The first kappa shape index (κ1) is 14.4. The molecule has 15 heavy (non-hydrogen) atoms. The van der Waals surface area contributed by atoms with Crippen molar-refractivity contribution in [1.29, 1.82) is 0 Å². The lowest BCUT2D eigenvalue weighted by molar-refractivity contribution is 0.578. The average molecular weight is 232 g/mol. The lowest BCUT2D eigenvalue weighted by Crippen LogP contribution is -2.09. The monoisotopic (exact) mass is 231 g/mol. The number of unbranched alkanes of at least 4 members (excludes halogenated alkanes) is 2. The number of halogens is 2. The van der Waals surface area contributed by atoms with Gasteiger partial charge in [-0.05, 0) is 24.1 Å². The fraction of sp³-hybridized carbons (Fsp3) is 0.500. The molecule has 1 aromatic carbocycles. The van der Waals surface area contributed by atoms with Crippen LogP contribution in [0.25, 0.3) is 0 Å². The van der Waals surface area contributed by atoms with Gasteiger partial charge in [-0.1, -0.05) is 38.3 Å². The molecule has 0 heterocycles. The van der Waals surface area contributed by atoms with Gasteiger partial charge < -0.3 is 5.73 Å². The zero-order valence-corrected chi connectivity index (χ0v) is 9.90. The SMILES string of the molecule is CCCCC[C@H](N)c1ccc(F)cc1.Cl. The van der Waals surface area contributed by atoms with Crippen molar-refractivity contribution in [3.63, 3.8) is 0 Å². The maximum Gasteiger partial charge on any atom is 0.123 e. The minimum Gasteiger partial charge on any atom is -0.324 e.